The molecule has 0 spiro atoms. The molecule has 2 aromatic rings. The van der Waals surface area contributed by atoms with Crippen LogP contribution in [-0.2, 0) is 13.0 Å². The molecule has 0 N–H and O–H groups in total. The molecule has 2 heterocycles. The van der Waals surface area contributed by atoms with Crippen molar-refractivity contribution in [3.05, 3.63) is 40.1 Å². The second-order valence-corrected chi connectivity index (χ2v) is 5.00. The van der Waals surface area contributed by atoms with E-state index in [4.69, 9.17) is 4.42 Å². The summed E-state index contributed by atoms with van der Waals surface area (Å²) in [7, 11) is 1.99. The topological polar surface area (TPSA) is 42.2 Å². The molecule has 0 radical (unpaired) electrons. The highest BCUT2D eigenvalue weighted by Gasteiger charge is 2.09. The van der Waals surface area contributed by atoms with Crippen LogP contribution in [0.4, 0.5) is 5.82 Å². The summed E-state index contributed by atoms with van der Waals surface area (Å²) >= 11 is 3.41. The van der Waals surface area contributed by atoms with E-state index in [0.717, 1.165) is 34.2 Å². The molecule has 5 heteroatoms. The lowest BCUT2D eigenvalue weighted by molar-refractivity contribution is 0.481. The Hall–Kier alpha value is -1.36. The molecule has 0 atom stereocenters. The van der Waals surface area contributed by atoms with Gasteiger partial charge in [-0.15, -0.1) is 0 Å². The number of aromatic nitrogens is 2. The molecule has 2 aromatic heterocycles. The fourth-order valence-corrected chi connectivity index (χ4v) is 2.10. The highest BCUT2D eigenvalue weighted by Crippen LogP contribution is 2.18. The molecule has 0 aliphatic heterocycles. The predicted molar refractivity (Wildman–Crippen MR) is 74.7 cm³/mol. The molecule has 0 bridgehead atoms. The molecule has 96 valence electrons. The normalized spacial score (nSPS) is 10.7. The van der Waals surface area contributed by atoms with Gasteiger partial charge < -0.3 is 9.32 Å². The lowest BCUT2D eigenvalue weighted by Crippen LogP contribution is -2.18. The number of hydrogen-bond acceptors (Lipinski definition) is 4. The highest BCUT2D eigenvalue weighted by molar-refractivity contribution is 9.10. The van der Waals surface area contributed by atoms with Gasteiger partial charge in [-0.25, -0.2) is 9.97 Å². The first-order valence-electron chi connectivity index (χ1n) is 5.88. The molecule has 0 unspecified atom stereocenters. The molecule has 0 saturated heterocycles. The number of nitrogens with zero attached hydrogens (tertiary/aromatic N) is 3. The highest BCUT2D eigenvalue weighted by atomic mass is 79.9. The average molecular weight is 310 g/mol. The van der Waals surface area contributed by atoms with E-state index in [-0.39, 0.29) is 0 Å². The summed E-state index contributed by atoms with van der Waals surface area (Å²) in [6, 6.07) is 5.87. The average Bonchev–Trinajstić information content (AvgIpc) is 2.73. The maximum atomic E-state index is 5.57. The van der Waals surface area contributed by atoms with Crippen LogP contribution in [0.5, 0.6) is 0 Å². The number of hydrogen-bond donors (Lipinski definition) is 0. The molecule has 2 rings (SSSR count). The van der Waals surface area contributed by atoms with Crippen molar-refractivity contribution in [2.24, 2.45) is 0 Å². The Morgan fingerprint density at radius 2 is 2.11 bits per heavy atom. The molecule has 0 fully saturated rings. The van der Waals surface area contributed by atoms with Gasteiger partial charge in [-0.2, -0.15) is 0 Å². The number of anilines is 1. The van der Waals surface area contributed by atoms with Crippen LogP contribution in [0.15, 0.2) is 27.2 Å². The molecular formula is C13H16BrN3O. The first kappa shape index (κ1) is 13.1. The van der Waals surface area contributed by atoms with Gasteiger partial charge in [0.25, 0.3) is 0 Å². The largest absolute Gasteiger partial charge is 0.464 e. The lowest BCUT2D eigenvalue weighted by atomic mass is 10.4. The Bertz CT molecular complexity index is 539. The summed E-state index contributed by atoms with van der Waals surface area (Å²) < 4.78 is 6.38. The van der Waals surface area contributed by atoms with Gasteiger partial charge in [0.15, 0.2) is 0 Å². The van der Waals surface area contributed by atoms with E-state index >= 15 is 0 Å². The van der Waals surface area contributed by atoms with E-state index in [9.17, 15) is 0 Å². The number of furan rings is 1. The minimum Gasteiger partial charge on any atom is -0.464 e. The van der Waals surface area contributed by atoms with Crippen LogP contribution in [0.1, 0.15) is 24.3 Å². The fraction of sp³-hybridized carbons (Fsp3) is 0.385. The van der Waals surface area contributed by atoms with Gasteiger partial charge in [-0.05, 0) is 35.0 Å². The summed E-state index contributed by atoms with van der Waals surface area (Å²) in [5.74, 6) is 3.59. The van der Waals surface area contributed by atoms with Crippen LogP contribution in [-0.4, -0.2) is 17.0 Å². The van der Waals surface area contributed by atoms with Crippen molar-refractivity contribution in [1.82, 2.24) is 9.97 Å². The first-order valence-corrected chi connectivity index (χ1v) is 6.67. The summed E-state index contributed by atoms with van der Waals surface area (Å²) in [6.07, 6.45) is 0.820. The zero-order chi connectivity index (χ0) is 13.1. The Morgan fingerprint density at radius 1 is 1.33 bits per heavy atom. The fourth-order valence-electron chi connectivity index (χ4n) is 1.69. The SMILES string of the molecule is CCc1nc(Br)cc(N(C)Cc2ccc(C)o2)n1. The third-order valence-corrected chi connectivity index (χ3v) is 3.03. The molecule has 0 aromatic carbocycles. The van der Waals surface area contributed by atoms with E-state index in [0.29, 0.717) is 6.54 Å². The van der Waals surface area contributed by atoms with Crippen LogP contribution in [0.3, 0.4) is 0 Å². The predicted octanol–water partition coefficient (Wildman–Crippen LogP) is 3.34. The quantitative estimate of drug-likeness (QED) is 0.812. The molecule has 18 heavy (non-hydrogen) atoms. The lowest BCUT2D eigenvalue weighted by Gasteiger charge is -2.17. The van der Waals surface area contributed by atoms with Crippen molar-refractivity contribution in [3.63, 3.8) is 0 Å². The van der Waals surface area contributed by atoms with E-state index in [2.05, 4.69) is 25.9 Å². The smallest absolute Gasteiger partial charge is 0.133 e. The minimum atomic E-state index is 0.695. The van der Waals surface area contributed by atoms with Crippen molar-refractivity contribution < 1.29 is 4.42 Å². The monoisotopic (exact) mass is 309 g/mol. The van der Waals surface area contributed by atoms with Crippen molar-refractivity contribution in [2.75, 3.05) is 11.9 Å². The van der Waals surface area contributed by atoms with Crippen LogP contribution in [0.2, 0.25) is 0 Å². The van der Waals surface area contributed by atoms with Crippen molar-refractivity contribution in [1.29, 1.82) is 0 Å². The van der Waals surface area contributed by atoms with E-state index < -0.39 is 0 Å². The molecule has 0 saturated carbocycles. The Morgan fingerprint density at radius 3 is 2.72 bits per heavy atom. The van der Waals surface area contributed by atoms with Crippen LogP contribution in [0.25, 0.3) is 0 Å². The van der Waals surface area contributed by atoms with Gasteiger partial charge in [-0.3, -0.25) is 0 Å². The Labute approximate surface area is 115 Å². The second kappa shape index (κ2) is 5.52. The van der Waals surface area contributed by atoms with Gasteiger partial charge in [0.2, 0.25) is 0 Å². The summed E-state index contributed by atoms with van der Waals surface area (Å²) in [4.78, 5) is 10.8. The van der Waals surface area contributed by atoms with E-state index in [1.54, 1.807) is 0 Å². The van der Waals surface area contributed by atoms with Crippen LogP contribution < -0.4 is 4.90 Å². The first-order chi connectivity index (χ1) is 8.58. The van der Waals surface area contributed by atoms with E-state index in [1.807, 2.05) is 44.0 Å². The summed E-state index contributed by atoms with van der Waals surface area (Å²) in [5, 5.41) is 0. The van der Waals surface area contributed by atoms with Crippen molar-refractivity contribution >= 4 is 21.7 Å². The summed E-state index contributed by atoms with van der Waals surface area (Å²) in [6.45, 7) is 4.68. The van der Waals surface area contributed by atoms with Crippen molar-refractivity contribution in [3.8, 4) is 0 Å². The Balaban J connectivity index is 2.17. The molecule has 0 amide bonds. The van der Waals surface area contributed by atoms with E-state index in [1.165, 1.54) is 0 Å². The van der Waals surface area contributed by atoms with Gasteiger partial charge in [0.1, 0.15) is 27.8 Å². The standard InChI is InChI=1S/C13H16BrN3O/c1-4-12-15-11(14)7-13(16-12)17(3)8-10-6-5-9(2)18-10/h5-7H,4,8H2,1-3H3. The molecular weight excluding hydrogens is 294 g/mol. The molecule has 4 nitrogen and oxygen atoms in total. The van der Waals surface area contributed by atoms with Crippen LogP contribution in [0, 0.1) is 6.92 Å². The van der Waals surface area contributed by atoms with Gasteiger partial charge >= 0.3 is 0 Å². The van der Waals surface area contributed by atoms with Crippen LogP contribution >= 0.6 is 15.9 Å². The number of aryl methyl sites for hydroxylation is 2. The second-order valence-electron chi connectivity index (χ2n) is 4.19. The van der Waals surface area contributed by atoms with Gasteiger partial charge in [0.05, 0.1) is 6.54 Å². The third-order valence-electron chi connectivity index (χ3n) is 2.62. The summed E-state index contributed by atoms with van der Waals surface area (Å²) in [5.41, 5.74) is 0. The third kappa shape index (κ3) is 3.10. The van der Waals surface area contributed by atoms with Crippen molar-refractivity contribution in [2.45, 2.75) is 26.8 Å². The maximum Gasteiger partial charge on any atom is 0.133 e. The molecule has 0 aliphatic rings. The number of rotatable bonds is 4. The van der Waals surface area contributed by atoms with Gasteiger partial charge in [0, 0.05) is 19.5 Å². The maximum absolute atomic E-state index is 5.57. The number of halogens is 1. The minimum absolute atomic E-state index is 0.695. The zero-order valence-corrected chi connectivity index (χ0v) is 12.4. The zero-order valence-electron chi connectivity index (χ0n) is 10.8. The van der Waals surface area contributed by atoms with Gasteiger partial charge in [-0.1, -0.05) is 6.92 Å². The molecule has 0 aliphatic carbocycles. The Kier molecular flexibility index (Phi) is 4.01.